The molecule has 0 aliphatic rings. The molecule has 2 amide bonds. The Morgan fingerprint density at radius 1 is 1.03 bits per heavy atom. The van der Waals surface area contributed by atoms with E-state index in [1.54, 1.807) is 43.3 Å². The minimum atomic E-state index is -4.21. The minimum Gasteiger partial charge on any atom is -0.354 e. The van der Waals surface area contributed by atoms with Gasteiger partial charge in [0.15, 0.2) is 0 Å². The predicted octanol–water partition coefficient (Wildman–Crippen LogP) is 4.93. The van der Waals surface area contributed by atoms with Crippen LogP contribution in [0, 0.1) is 12.7 Å². The number of amides is 2. The van der Waals surface area contributed by atoms with Crippen molar-refractivity contribution >= 4 is 39.1 Å². The molecular weight excluding hydrogens is 529 g/mol. The molecule has 3 aromatic rings. The second-order valence-corrected chi connectivity index (χ2v) is 11.1. The molecule has 0 unspecified atom stereocenters. The first-order valence-corrected chi connectivity index (χ1v) is 14.0. The first-order valence-electron chi connectivity index (χ1n) is 12.2. The molecule has 0 aromatic heterocycles. The molecule has 0 saturated heterocycles. The fourth-order valence-electron chi connectivity index (χ4n) is 3.87. The Morgan fingerprint density at radius 2 is 1.68 bits per heavy atom. The van der Waals surface area contributed by atoms with Crippen LogP contribution in [0.2, 0.25) is 5.02 Å². The number of nitrogens with zero attached hydrogens (tertiary/aromatic N) is 2. The lowest BCUT2D eigenvalue weighted by Crippen LogP contribution is -2.51. The fourth-order valence-corrected chi connectivity index (χ4v) is 5.53. The molecule has 1 atom stereocenters. The van der Waals surface area contributed by atoms with Crippen LogP contribution in [-0.4, -0.2) is 44.3 Å². The molecule has 0 radical (unpaired) electrons. The van der Waals surface area contributed by atoms with E-state index < -0.39 is 40.2 Å². The van der Waals surface area contributed by atoms with Gasteiger partial charge in [-0.25, -0.2) is 12.8 Å². The smallest absolute Gasteiger partial charge is 0.264 e. The lowest BCUT2D eigenvalue weighted by molar-refractivity contribution is -0.139. The van der Waals surface area contributed by atoms with Crippen molar-refractivity contribution in [3.05, 3.63) is 94.8 Å². The Kier molecular flexibility index (Phi) is 9.88. The normalized spacial score (nSPS) is 12.0. The molecule has 202 valence electrons. The molecule has 3 rings (SSSR count). The number of nitrogens with one attached hydrogen (secondary N) is 1. The summed E-state index contributed by atoms with van der Waals surface area (Å²) in [5.41, 5.74) is 1.01. The number of anilines is 1. The van der Waals surface area contributed by atoms with Crippen molar-refractivity contribution in [1.82, 2.24) is 10.2 Å². The summed E-state index contributed by atoms with van der Waals surface area (Å²) >= 11 is 6.21. The Bertz CT molecular complexity index is 1390. The Balaban J connectivity index is 2.06. The van der Waals surface area contributed by atoms with Gasteiger partial charge in [-0.05, 0) is 56.2 Å². The molecular formula is C28H31ClFN3O4S. The number of carbonyl (C=O) groups is 2. The molecule has 0 spiro atoms. The van der Waals surface area contributed by atoms with Gasteiger partial charge in [0, 0.05) is 23.7 Å². The molecule has 0 aliphatic carbocycles. The molecule has 0 fully saturated rings. The van der Waals surface area contributed by atoms with Crippen molar-refractivity contribution in [2.75, 3.05) is 17.4 Å². The number of carbonyl (C=O) groups excluding carboxylic acids is 2. The maximum absolute atomic E-state index is 14.6. The van der Waals surface area contributed by atoms with E-state index in [-0.39, 0.29) is 22.7 Å². The van der Waals surface area contributed by atoms with Gasteiger partial charge in [0.25, 0.3) is 10.0 Å². The highest BCUT2D eigenvalue weighted by Gasteiger charge is 2.33. The van der Waals surface area contributed by atoms with Gasteiger partial charge in [0.05, 0.1) is 10.6 Å². The topological polar surface area (TPSA) is 86.8 Å². The highest BCUT2D eigenvalue weighted by atomic mass is 35.5. The van der Waals surface area contributed by atoms with E-state index in [1.807, 2.05) is 6.92 Å². The molecule has 0 heterocycles. The van der Waals surface area contributed by atoms with Crippen LogP contribution in [0.3, 0.4) is 0 Å². The van der Waals surface area contributed by atoms with E-state index >= 15 is 0 Å². The zero-order chi connectivity index (χ0) is 27.9. The van der Waals surface area contributed by atoms with Crippen LogP contribution in [0.5, 0.6) is 0 Å². The first kappa shape index (κ1) is 29.1. The predicted molar refractivity (Wildman–Crippen MR) is 147 cm³/mol. The largest absolute Gasteiger partial charge is 0.354 e. The number of rotatable bonds is 11. The van der Waals surface area contributed by atoms with Crippen LogP contribution in [0.4, 0.5) is 10.1 Å². The lowest BCUT2D eigenvalue weighted by Gasteiger charge is -2.32. The van der Waals surface area contributed by atoms with E-state index in [9.17, 15) is 22.4 Å². The summed E-state index contributed by atoms with van der Waals surface area (Å²) in [5, 5.41) is 3.04. The van der Waals surface area contributed by atoms with Crippen LogP contribution >= 0.6 is 11.6 Å². The van der Waals surface area contributed by atoms with Gasteiger partial charge in [0.2, 0.25) is 11.8 Å². The van der Waals surface area contributed by atoms with Gasteiger partial charge in [-0.1, -0.05) is 61.0 Å². The number of hydrogen-bond acceptors (Lipinski definition) is 4. The van der Waals surface area contributed by atoms with Crippen LogP contribution in [0.15, 0.2) is 77.7 Å². The summed E-state index contributed by atoms with van der Waals surface area (Å²) in [5.74, 6) is -1.63. The third-order valence-electron chi connectivity index (χ3n) is 6.07. The van der Waals surface area contributed by atoms with Gasteiger partial charge in [-0.15, -0.1) is 0 Å². The lowest BCUT2D eigenvalue weighted by atomic mass is 10.1. The average molecular weight is 560 g/mol. The standard InChI is InChI=1S/C28H31ClFN3O4S/c1-4-16-31-28(35)21(3)32(18-22-10-8-9-13-25(22)30)27(34)19-33(26-17-23(29)15-14-20(26)2)38(36,37)24-11-6-5-7-12-24/h5-15,17,21H,4,16,18-19H2,1-3H3,(H,31,35)/t21-/m0/s1. The Hall–Kier alpha value is -3.43. The van der Waals surface area contributed by atoms with Gasteiger partial charge >= 0.3 is 0 Å². The second kappa shape index (κ2) is 12.9. The van der Waals surface area contributed by atoms with Crippen LogP contribution < -0.4 is 9.62 Å². The van der Waals surface area contributed by atoms with E-state index in [0.29, 0.717) is 23.6 Å². The maximum Gasteiger partial charge on any atom is 0.264 e. The molecule has 10 heteroatoms. The van der Waals surface area contributed by atoms with Gasteiger partial charge in [-0.2, -0.15) is 0 Å². The summed E-state index contributed by atoms with van der Waals surface area (Å²) in [4.78, 5) is 27.8. The van der Waals surface area contributed by atoms with Gasteiger partial charge in [0.1, 0.15) is 18.4 Å². The Labute approximate surface area is 228 Å². The average Bonchev–Trinajstić information content (AvgIpc) is 2.91. The quantitative estimate of drug-likeness (QED) is 0.361. The van der Waals surface area contributed by atoms with Crippen molar-refractivity contribution < 1.29 is 22.4 Å². The van der Waals surface area contributed by atoms with Crippen molar-refractivity contribution in [3.8, 4) is 0 Å². The van der Waals surface area contributed by atoms with Crippen molar-refractivity contribution in [1.29, 1.82) is 0 Å². The summed E-state index contributed by atoms with van der Waals surface area (Å²) in [7, 11) is -4.21. The monoisotopic (exact) mass is 559 g/mol. The first-order chi connectivity index (χ1) is 18.1. The summed E-state index contributed by atoms with van der Waals surface area (Å²) in [6.45, 7) is 4.69. The SMILES string of the molecule is CCCNC(=O)[C@H](C)N(Cc1ccccc1F)C(=O)CN(c1cc(Cl)ccc1C)S(=O)(=O)c1ccccc1. The van der Waals surface area contributed by atoms with Gasteiger partial charge in [-0.3, -0.25) is 13.9 Å². The van der Waals surface area contributed by atoms with Crippen LogP contribution in [0.1, 0.15) is 31.4 Å². The molecule has 0 saturated carbocycles. The number of halogens is 2. The maximum atomic E-state index is 14.6. The number of aryl methyl sites for hydroxylation is 1. The Morgan fingerprint density at radius 3 is 2.34 bits per heavy atom. The fraction of sp³-hybridized carbons (Fsp3) is 0.286. The van der Waals surface area contributed by atoms with Crippen LogP contribution in [-0.2, 0) is 26.2 Å². The molecule has 3 aromatic carbocycles. The van der Waals surface area contributed by atoms with Crippen molar-refractivity contribution in [2.45, 2.75) is 44.7 Å². The van der Waals surface area contributed by atoms with Gasteiger partial charge < -0.3 is 10.2 Å². The summed E-state index contributed by atoms with van der Waals surface area (Å²) in [6.07, 6.45) is 0.691. The van der Waals surface area contributed by atoms with Crippen molar-refractivity contribution in [2.24, 2.45) is 0 Å². The summed E-state index contributed by atoms with van der Waals surface area (Å²) < 4.78 is 43.1. The highest BCUT2D eigenvalue weighted by Crippen LogP contribution is 2.30. The van der Waals surface area contributed by atoms with E-state index in [4.69, 9.17) is 11.6 Å². The molecule has 0 bridgehead atoms. The second-order valence-electron chi connectivity index (χ2n) is 8.84. The zero-order valence-electron chi connectivity index (χ0n) is 21.5. The van der Waals surface area contributed by atoms with E-state index in [1.165, 1.54) is 48.2 Å². The number of hydrogen-bond donors (Lipinski definition) is 1. The molecule has 7 nitrogen and oxygen atoms in total. The molecule has 38 heavy (non-hydrogen) atoms. The highest BCUT2D eigenvalue weighted by molar-refractivity contribution is 7.92. The number of sulfonamides is 1. The molecule has 0 aliphatic heterocycles. The molecule has 1 N–H and O–H groups in total. The van der Waals surface area contributed by atoms with Crippen LogP contribution in [0.25, 0.3) is 0 Å². The van der Waals surface area contributed by atoms with E-state index in [0.717, 1.165) is 4.31 Å². The minimum absolute atomic E-state index is 0.0124. The third kappa shape index (κ3) is 6.90. The zero-order valence-corrected chi connectivity index (χ0v) is 23.1. The van der Waals surface area contributed by atoms with Crippen molar-refractivity contribution in [3.63, 3.8) is 0 Å². The number of benzene rings is 3. The summed E-state index contributed by atoms with van der Waals surface area (Å²) in [6, 6.07) is 17.4. The third-order valence-corrected chi connectivity index (χ3v) is 8.07. The van der Waals surface area contributed by atoms with E-state index in [2.05, 4.69) is 5.32 Å².